The average Bonchev–Trinajstić information content (AvgIpc) is 2.34. The molecule has 3 N–H and O–H groups in total. The Hall–Kier alpha value is -1.84. The molecule has 1 aromatic carbocycles. The molecular weight excluding hydrogens is 242 g/mol. The van der Waals surface area contributed by atoms with Crippen molar-refractivity contribution in [2.24, 2.45) is 11.7 Å². The fraction of sp³-hybridized carbons (Fsp3) is 0.467. The monoisotopic (exact) mass is 263 g/mol. The Bertz CT molecular complexity index is 412. The van der Waals surface area contributed by atoms with Gasteiger partial charge in [-0.15, -0.1) is 0 Å². The molecule has 0 saturated carbocycles. The van der Waals surface area contributed by atoms with Crippen molar-refractivity contribution in [3.63, 3.8) is 0 Å². The maximum Gasteiger partial charge on any atom is 0.316 e. The van der Waals surface area contributed by atoms with Crippen LogP contribution in [0.2, 0.25) is 0 Å². The molecule has 4 nitrogen and oxygen atoms in total. The van der Waals surface area contributed by atoms with Gasteiger partial charge >= 0.3 is 5.97 Å². The van der Waals surface area contributed by atoms with Crippen LogP contribution < -0.4 is 5.73 Å². The zero-order valence-electron chi connectivity index (χ0n) is 11.3. The summed E-state index contributed by atoms with van der Waals surface area (Å²) < 4.78 is 0. The normalized spacial score (nSPS) is 12.1. The molecule has 0 heterocycles. The third-order valence-electron chi connectivity index (χ3n) is 3.22. The second kappa shape index (κ2) is 7.56. The van der Waals surface area contributed by atoms with Gasteiger partial charge in [0.15, 0.2) is 0 Å². The number of hydrogen-bond acceptors (Lipinski definition) is 2. The van der Waals surface area contributed by atoms with E-state index in [9.17, 15) is 9.59 Å². The van der Waals surface area contributed by atoms with Gasteiger partial charge in [0, 0.05) is 0 Å². The first-order valence-corrected chi connectivity index (χ1v) is 6.58. The highest BCUT2D eigenvalue weighted by Gasteiger charge is 2.22. The van der Waals surface area contributed by atoms with Gasteiger partial charge in [-0.3, -0.25) is 9.59 Å². The van der Waals surface area contributed by atoms with Crippen LogP contribution in [0.5, 0.6) is 0 Å². The Morgan fingerprint density at radius 1 is 1.16 bits per heavy atom. The van der Waals surface area contributed by atoms with E-state index >= 15 is 0 Å². The first-order valence-electron chi connectivity index (χ1n) is 6.58. The van der Waals surface area contributed by atoms with Gasteiger partial charge in [-0.25, -0.2) is 0 Å². The molecule has 0 aliphatic rings. The lowest BCUT2D eigenvalue weighted by atomic mass is 9.99. The molecule has 0 bridgehead atoms. The number of carbonyl (C=O) groups excluding carboxylic acids is 1. The Morgan fingerprint density at radius 2 is 1.79 bits per heavy atom. The van der Waals surface area contributed by atoms with Crippen molar-refractivity contribution in [3.05, 3.63) is 35.4 Å². The molecular formula is C15H21NO3. The lowest BCUT2D eigenvalue weighted by Gasteiger charge is -2.07. The van der Waals surface area contributed by atoms with Crippen LogP contribution >= 0.6 is 0 Å². The van der Waals surface area contributed by atoms with Crippen LogP contribution in [0.3, 0.4) is 0 Å². The Kier molecular flexibility index (Phi) is 6.06. The van der Waals surface area contributed by atoms with Crippen LogP contribution in [-0.2, 0) is 16.0 Å². The molecule has 1 atom stereocenters. The SMILES string of the molecule is Cc1ccc(CCCCCC(C(N)=O)C(=O)O)cc1. The predicted octanol–water partition coefficient (Wildman–Crippen LogP) is 2.28. The van der Waals surface area contributed by atoms with E-state index in [1.54, 1.807) is 0 Å². The summed E-state index contributed by atoms with van der Waals surface area (Å²) in [5, 5.41) is 8.80. The number of rotatable bonds is 8. The van der Waals surface area contributed by atoms with Gasteiger partial charge in [0.2, 0.25) is 5.91 Å². The van der Waals surface area contributed by atoms with E-state index < -0.39 is 17.8 Å². The minimum atomic E-state index is -1.12. The Labute approximate surface area is 113 Å². The van der Waals surface area contributed by atoms with E-state index in [-0.39, 0.29) is 0 Å². The van der Waals surface area contributed by atoms with Crippen LogP contribution in [0.15, 0.2) is 24.3 Å². The molecule has 104 valence electrons. The van der Waals surface area contributed by atoms with Gasteiger partial charge in [0.05, 0.1) is 0 Å². The number of benzene rings is 1. The summed E-state index contributed by atoms with van der Waals surface area (Å²) in [6, 6.07) is 8.39. The fourth-order valence-corrected chi connectivity index (χ4v) is 2.00. The topological polar surface area (TPSA) is 80.4 Å². The van der Waals surface area contributed by atoms with E-state index in [0.29, 0.717) is 12.8 Å². The largest absolute Gasteiger partial charge is 0.481 e. The molecule has 19 heavy (non-hydrogen) atoms. The van der Waals surface area contributed by atoms with Crippen molar-refractivity contribution in [1.29, 1.82) is 0 Å². The number of unbranched alkanes of at least 4 members (excludes halogenated alkanes) is 2. The van der Waals surface area contributed by atoms with E-state index in [1.807, 2.05) is 0 Å². The van der Waals surface area contributed by atoms with Crippen molar-refractivity contribution < 1.29 is 14.7 Å². The Balaban J connectivity index is 2.22. The minimum Gasteiger partial charge on any atom is -0.481 e. The number of carboxylic acids is 1. The van der Waals surface area contributed by atoms with Gasteiger partial charge in [0.25, 0.3) is 0 Å². The first-order chi connectivity index (χ1) is 9.00. The van der Waals surface area contributed by atoms with Gasteiger partial charge in [-0.1, -0.05) is 42.7 Å². The second-order valence-corrected chi connectivity index (χ2v) is 4.88. The van der Waals surface area contributed by atoms with Crippen LogP contribution in [-0.4, -0.2) is 17.0 Å². The lowest BCUT2D eigenvalue weighted by molar-refractivity contribution is -0.146. The van der Waals surface area contributed by atoms with Gasteiger partial charge < -0.3 is 10.8 Å². The lowest BCUT2D eigenvalue weighted by Crippen LogP contribution is -2.30. The standard InChI is InChI=1S/C15H21NO3/c1-11-7-9-12(10-8-11)5-3-2-4-6-13(14(16)17)15(18)19/h7-10,13H,2-6H2,1H3,(H2,16,17)(H,18,19). The maximum atomic E-state index is 10.9. The summed E-state index contributed by atoms with van der Waals surface area (Å²) in [5.74, 6) is -2.91. The molecule has 0 saturated heterocycles. The van der Waals surface area contributed by atoms with Crippen LogP contribution in [0.1, 0.15) is 36.8 Å². The van der Waals surface area contributed by atoms with Crippen molar-refractivity contribution >= 4 is 11.9 Å². The molecule has 1 unspecified atom stereocenters. The van der Waals surface area contributed by atoms with Crippen LogP contribution in [0.25, 0.3) is 0 Å². The van der Waals surface area contributed by atoms with E-state index in [1.165, 1.54) is 11.1 Å². The molecule has 0 radical (unpaired) electrons. The van der Waals surface area contributed by atoms with Gasteiger partial charge in [0.1, 0.15) is 5.92 Å². The van der Waals surface area contributed by atoms with E-state index in [2.05, 4.69) is 31.2 Å². The number of aliphatic carboxylic acids is 1. The van der Waals surface area contributed by atoms with E-state index in [4.69, 9.17) is 10.8 Å². The highest BCUT2D eigenvalue weighted by molar-refractivity contribution is 5.95. The second-order valence-electron chi connectivity index (χ2n) is 4.88. The third kappa shape index (κ3) is 5.55. The third-order valence-corrected chi connectivity index (χ3v) is 3.22. The number of primary amides is 1. The fourth-order valence-electron chi connectivity index (χ4n) is 2.00. The summed E-state index contributed by atoms with van der Waals surface area (Å²) in [6.07, 6.45) is 3.93. The molecule has 0 aliphatic heterocycles. The molecule has 1 rings (SSSR count). The number of amides is 1. The number of nitrogens with two attached hydrogens (primary N) is 1. The highest BCUT2D eigenvalue weighted by atomic mass is 16.4. The molecule has 0 aromatic heterocycles. The molecule has 0 spiro atoms. The van der Waals surface area contributed by atoms with E-state index in [0.717, 1.165) is 19.3 Å². The predicted molar refractivity (Wildman–Crippen MR) is 73.7 cm³/mol. The molecule has 0 fully saturated rings. The molecule has 1 amide bonds. The average molecular weight is 263 g/mol. The number of hydrogen-bond donors (Lipinski definition) is 2. The first kappa shape index (κ1) is 15.2. The Morgan fingerprint density at radius 3 is 2.32 bits per heavy atom. The summed E-state index contributed by atoms with van der Waals surface area (Å²) in [7, 11) is 0. The zero-order valence-corrected chi connectivity index (χ0v) is 11.3. The number of aryl methyl sites for hydroxylation is 2. The van der Waals surface area contributed by atoms with Gasteiger partial charge in [-0.2, -0.15) is 0 Å². The number of carbonyl (C=O) groups is 2. The summed E-state index contributed by atoms with van der Waals surface area (Å²) in [6.45, 7) is 2.06. The van der Waals surface area contributed by atoms with Gasteiger partial charge in [-0.05, 0) is 31.7 Å². The zero-order chi connectivity index (χ0) is 14.3. The molecule has 1 aromatic rings. The summed E-state index contributed by atoms with van der Waals surface area (Å²) in [4.78, 5) is 21.7. The molecule has 0 aliphatic carbocycles. The van der Waals surface area contributed by atoms with Crippen LogP contribution in [0, 0.1) is 12.8 Å². The van der Waals surface area contributed by atoms with Crippen molar-refractivity contribution in [1.82, 2.24) is 0 Å². The van der Waals surface area contributed by atoms with Crippen molar-refractivity contribution in [2.75, 3.05) is 0 Å². The summed E-state index contributed by atoms with van der Waals surface area (Å²) in [5.41, 5.74) is 7.57. The number of carboxylic acid groups (broad SMARTS) is 1. The minimum absolute atomic E-state index is 0.332. The molecule has 4 heteroatoms. The maximum absolute atomic E-state index is 10.9. The smallest absolute Gasteiger partial charge is 0.316 e. The van der Waals surface area contributed by atoms with Crippen molar-refractivity contribution in [3.8, 4) is 0 Å². The quantitative estimate of drug-likeness (QED) is 0.557. The summed E-state index contributed by atoms with van der Waals surface area (Å²) >= 11 is 0. The van der Waals surface area contributed by atoms with Crippen molar-refractivity contribution in [2.45, 2.75) is 39.0 Å². The highest BCUT2D eigenvalue weighted by Crippen LogP contribution is 2.13. The van der Waals surface area contributed by atoms with Crippen LogP contribution in [0.4, 0.5) is 0 Å².